The van der Waals surface area contributed by atoms with Gasteiger partial charge in [0.1, 0.15) is 0 Å². The second-order valence-electron chi connectivity index (χ2n) is 6.56. The third-order valence-corrected chi connectivity index (χ3v) is 21.9. The zero-order valence-electron chi connectivity index (χ0n) is 15.4. The molecule has 0 saturated heterocycles. The summed E-state index contributed by atoms with van der Waals surface area (Å²) >= 11 is -1.47. The van der Waals surface area contributed by atoms with Crippen molar-refractivity contribution in [3.63, 3.8) is 0 Å². The van der Waals surface area contributed by atoms with Crippen molar-refractivity contribution in [1.29, 1.82) is 0 Å². The summed E-state index contributed by atoms with van der Waals surface area (Å²) in [6.45, 7) is 0. The van der Waals surface area contributed by atoms with Crippen LogP contribution in [0.5, 0.6) is 0 Å². The molecule has 0 aliphatic carbocycles. The molecular formula is C25H23ClPPd. The molecule has 0 N–H and O–H groups in total. The Kier molecular flexibility index (Phi) is 6.41. The molecule has 0 atom stereocenters. The van der Waals surface area contributed by atoms with Gasteiger partial charge in [0.25, 0.3) is 0 Å². The van der Waals surface area contributed by atoms with Gasteiger partial charge in [0.2, 0.25) is 0 Å². The summed E-state index contributed by atoms with van der Waals surface area (Å²) in [6.07, 6.45) is 0. The zero-order chi connectivity index (χ0) is 19.2. The van der Waals surface area contributed by atoms with Crippen LogP contribution >= 0.6 is 15.0 Å². The molecule has 0 saturated carbocycles. The fourth-order valence-electron chi connectivity index (χ4n) is 3.52. The van der Waals surface area contributed by atoms with Crippen molar-refractivity contribution in [3.05, 3.63) is 127 Å². The molecule has 28 heavy (non-hydrogen) atoms. The first-order valence-electron chi connectivity index (χ1n) is 9.25. The summed E-state index contributed by atoms with van der Waals surface area (Å²) in [5.41, 5.74) is -0.996. The van der Waals surface area contributed by atoms with Gasteiger partial charge < -0.3 is 0 Å². The van der Waals surface area contributed by atoms with Crippen LogP contribution in [0.1, 0.15) is 5.56 Å². The molecule has 0 aliphatic heterocycles. The molecule has 0 aromatic heterocycles. The fraction of sp³-hybridized carbons (Fsp3) is 0.0400. The van der Waals surface area contributed by atoms with Gasteiger partial charge in [-0.2, -0.15) is 0 Å². The third kappa shape index (κ3) is 3.87. The monoisotopic (exact) mass is 495 g/mol. The number of hydrogen-bond acceptors (Lipinski definition) is 0. The van der Waals surface area contributed by atoms with Gasteiger partial charge in [-0.15, -0.1) is 0 Å². The molecular weight excluding hydrogens is 473 g/mol. The molecule has 0 spiro atoms. The summed E-state index contributed by atoms with van der Waals surface area (Å²) in [5, 5.41) is 4.21. The Balaban J connectivity index is 1.95. The first-order chi connectivity index (χ1) is 13.8. The summed E-state index contributed by atoms with van der Waals surface area (Å²) in [5.74, 6) is 0. The van der Waals surface area contributed by atoms with Gasteiger partial charge in [0.05, 0.1) is 0 Å². The van der Waals surface area contributed by atoms with Gasteiger partial charge in [0, 0.05) is 0 Å². The van der Waals surface area contributed by atoms with E-state index in [-0.39, 0.29) is 0 Å². The SMILES string of the molecule is [Cl][Pd]([CH2]c1ccccc1)[PH](c1ccccc1)(c1ccccc1)c1ccccc1. The molecule has 4 rings (SSSR count). The number of benzene rings is 4. The maximum atomic E-state index is 7.52. The van der Waals surface area contributed by atoms with Crippen LogP contribution in [-0.2, 0) is 20.1 Å². The van der Waals surface area contributed by atoms with E-state index < -0.39 is 20.7 Å². The number of halogens is 1. The minimum absolute atomic E-state index is 0.957. The molecule has 0 fully saturated rings. The van der Waals surface area contributed by atoms with Gasteiger partial charge >= 0.3 is 178 Å². The fourth-order valence-corrected chi connectivity index (χ4v) is 21.1. The van der Waals surface area contributed by atoms with Crippen molar-refractivity contribution in [2.75, 3.05) is 0 Å². The summed E-state index contributed by atoms with van der Waals surface area (Å²) in [6, 6.07) is 43.6. The predicted molar refractivity (Wildman–Crippen MR) is 123 cm³/mol. The second kappa shape index (κ2) is 9.17. The summed E-state index contributed by atoms with van der Waals surface area (Å²) < 4.78 is 0. The van der Waals surface area contributed by atoms with E-state index in [1.165, 1.54) is 21.5 Å². The minimum atomic E-state index is -2.33. The van der Waals surface area contributed by atoms with Gasteiger partial charge in [-0.05, 0) is 0 Å². The van der Waals surface area contributed by atoms with Gasteiger partial charge in [-0.3, -0.25) is 0 Å². The molecule has 0 nitrogen and oxygen atoms in total. The van der Waals surface area contributed by atoms with Crippen LogP contribution in [0.25, 0.3) is 0 Å². The first-order valence-corrected chi connectivity index (χ1v) is 16.5. The van der Waals surface area contributed by atoms with E-state index in [2.05, 4.69) is 121 Å². The molecule has 4 aromatic rings. The van der Waals surface area contributed by atoms with Crippen molar-refractivity contribution >= 4 is 30.9 Å². The van der Waals surface area contributed by atoms with Crippen LogP contribution in [0, 0.1) is 0 Å². The third-order valence-electron chi connectivity index (χ3n) is 4.79. The Morgan fingerprint density at radius 1 is 0.500 bits per heavy atom. The maximum absolute atomic E-state index is 7.52. The van der Waals surface area contributed by atoms with Crippen LogP contribution in [0.4, 0.5) is 0 Å². The van der Waals surface area contributed by atoms with E-state index >= 15 is 0 Å². The van der Waals surface area contributed by atoms with Crippen molar-refractivity contribution < 1.29 is 15.2 Å². The normalized spacial score (nSPS) is 12.4. The van der Waals surface area contributed by atoms with Crippen molar-refractivity contribution in [2.24, 2.45) is 0 Å². The van der Waals surface area contributed by atoms with E-state index in [1.807, 2.05) is 0 Å². The van der Waals surface area contributed by atoms with Crippen molar-refractivity contribution in [2.45, 2.75) is 4.89 Å². The Hall–Kier alpha value is -1.74. The second-order valence-corrected chi connectivity index (χ2v) is 20.0. The van der Waals surface area contributed by atoms with Crippen LogP contribution in [-0.4, -0.2) is 0 Å². The Morgan fingerprint density at radius 3 is 1.18 bits per heavy atom. The zero-order valence-corrected chi connectivity index (χ0v) is 18.8. The summed E-state index contributed by atoms with van der Waals surface area (Å²) in [7, 11) is 7.52. The number of hydrogen-bond donors (Lipinski definition) is 0. The number of rotatable bonds is 6. The molecule has 0 radical (unpaired) electrons. The molecule has 0 unspecified atom stereocenters. The Labute approximate surface area is 177 Å². The summed E-state index contributed by atoms with van der Waals surface area (Å²) in [4.78, 5) is 0.957. The first kappa shape index (κ1) is 19.6. The van der Waals surface area contributed by atoms with E-state index in [9.17, 15) is 0 Å². The molecule has 4 aromatic carbocycles. The van der Waals surface area contributed by atoms with Gasteiger partial charge in [0.15, 0.2) is 0 Å². The average molecular weight is 496 g/mol. The Morgan fingerprint density at radius 2 is 0.821 bits per heavy atom. The van der Waals surface area contributed by atoms with Crippen molar-refractivity contribution in [3.8, 4) is 0 Å². The van der Waals surface area contributed by atoms with Crippen LogP contribution in [0.2, 0.25) is 0 Å². The molecule has 145 valence electrons. The topological polar surface area (TPSA) is 0 Å². The van der Waals surface area contributed by atoms with E-state index in [0.29, 0.717) is 0 Å². The molecule has 3 heteroatoms. The van der Waals surface area contributed by atoms with Gasteiger partial charge in [-0.1, -0.05) is 0 Å². The Bertz CT molecular complexity index is 895. The predicted octanol–water partition coefficient (Wildman–Crippen LogP) is 5.60. The van der Waals surface area contributed by atoms with Gasteiger partial charge in [-0.25, -0.2) is 0 Å². The molecule has 0 heterocycles. The average Bonchev–Trinajstić information content (AvgIpc) is 2.77. The molecule has 0 aliphatic rings. The van der Waals surface area contributed by atoms with Crippen LogP contribution in [0.3, 0.4) is 0 Å². The van der Waals surface area contributed by atoms with E-state index in [4.69, 9.17) is 9.53 Å². The molecule has 0 bridgehead atoms. The van der Waals surface area contributed by atoms with Crippen LogP contribution < -0.4 is 15.9 Å². The standard InChI is InChI=1S/C18H15P.C7H7.ClH.Pd/c1-4-10-16(11-5-1)19(17-12-6-2-7-13-17)18-14-8-3-9-15-18;1-7-5-3-2-4-6-7;;/h1-15H;2-6H,1H2;1H;. The van der Waals surface area contributed by atoms with Crippen LogP contribution in [0.15, 0.2) is 121 Å². The van der Waals surface area contributed by atoms with E-state index in [0.717, 1.165) is 4.89 Å². The van der Waals surface area contributed by atoms with E-state index in [1.54, 1.807) is 0 Å². The molecule has 0 amide bonds. The van der Waals surface area contributed by atoms with Crippen molar-refractivity contribution in [1.82, 2.24) is 0 Å². The quantitative estimate of drug-likeness (QED) is 0.241.